The number of para-hydroxylation sites is 1. The summed E-state index contributed by atoms with van der Waals surface area (Å²) in [5, 5.41) is 3.39. The number of benzene rings is 2. The molecule has 0 unspecified atom stereocenters. The lowest BCUT2D eigenvalue weighted by molar-refractivity contribution is 0.333. The lowest BCUT2D eigenvalue weighted by Gasteiger charge is -2.11. The third-order valence-corrected chi connectivity index (χ3v) is 3.00. The Balaban J connectivity index is 1.78. The van der Waals surface area contributed by atoms with Gasteiger partial charge in [0.1, 0.15) is 12.4 Å². The van der Waals surface area contributed by atoms with Crippen LogP contribution >= 0.6 is 0 Å². The summed E-state index contributed by atoms with van der Waals surface area (Å²) >= 11 is 0. The normalized spacial score (nSPS) is 10.5. The van der Waals surface area contributed by atoms with Crippen LogP contribution in [0.15, 0.2) is 54.6 Å². The average molecular weight is 255 g/mol. The molecule has 0 aliphatic carbocycles. The smallest absolute Gasteiger partial charge is 0.119 e. The largest absolute Gasteiger partial charge is 0.492 e. The van der Waals surface area contributed by atoms with E-state index in [0.29, 0.717) is 12.5 Å². The van der Waals surface area contributed by atoms with Crippen molar-refractivity contribution in [3.63, 3.8) is 0 Å². The van der Waals surface area contributed by atoms with Gasteiger partial charge in [-0.2, -0.15) is 0 Å². The van der Waals surface area contributed by atoms with Gasteiger partial charge in [-0.15, -0.1) is 0 Å². The minimum Gasteiger partial charge on any atom is -0.492 e. The van der Waals surface area contributed by atoms with E-state index >= 15 is 0 Å². The Kier molecular flexibility index (Phi) is 4.85. The summed E-state index contributed by atoms with van der Waals surface area (Å²) in [5.41, 5.74) is 2.51. The van der Waals surface area contributed by atoms with Gasteiger partial charge in [-0.3, -0.25) is 0 Å². The highest BCUT2D eigenvalue weighted by molar-refractivity contribution is 5.46. The number of ether oxygens (including phenoxy) is 1. The molecule has 0 heterocycles. The van der Waals surface area contributed by atoms with Gasteiger partial charge in [-0.05, 0) is 35.7 Å². The summed E-state index contributed by atoms with van der Waals surface area (Å²) in [4.78, 5) is 0. The van der Waals surface area contributed by atoms with E-state index in [1.807, 2.05) is 30.3 Å². The fraction of sp³-hybridized carbons (Fsp3) is 0.294. The van der Waals surface area contributed by atoms with Gasteiger partial charge >= 0.3 is 0 Å². The molecule has 0 aliphatic rings. The number of nitrogens with one attached hydrogen (secondary N) is 1. The molecule has 19 heavy (non-hydrogen) atoms. The quantitative estimate of drug-likeness (QED) is 0.777. The van der Waals surface area contributed by atoms with Gasteiger partial charge in [0.25, 0.3) is 0 Å². The van der Waals surface area contributed by atoms with Crippen LogP contribution in [-0.2, 0) is 0 Å². The van der Waals surface area contributed by atoms with E-state index in [1.165, 1.54) is 5.56 Å². The maximum absolute atomic E-state index is 5.64. The first-order chi connectivity index (χ1) is 9.25. The van der Waals surface area contributed by atoms with Crippen molar-refractivity contribution >= 4 is 5.69 Å². The third-order valence-electron chi connectivity index (χ3n) is 3.00. The van der Waals surface area contributed by atoms with E-state index in [-0.39, 0.29) is 0 Å². The lowest BCUT2D eigenvalue weighted by atomic mass is 10.0. The van der Waals surface area contributed by atoms with Gasteiger partial charge in [0.15, 0.2) is 0 Å². The first kappa shape index (κ1) is 13.5. The number of rotatable bonds is 6. The van der Waals surface area contributed by atoms with E-state index in [2.05, 4.69) is 43.4 Å². The Labute approximate surface area is 115 Å². The van der Waals surface area contributed by atoms with Crippen LogP contribution in [0.25, 0.3) is 0 Å². The minimum atomic E-state index is 0.558. The molecule has 0 radical (unpaired) electrons. The van der Waals surface area contributed by atoms with E-state index in [0.717, 1.165) is 18.0 Å². The van der Waals surface area contributed by atoms with Crippen molar-refractivity contribution in [3.05, 3.63) is 60.2 Å². The molecule has 0 atom stereocenters. The molecule has 2 aromatic rings. The molecule has 0 fully saturated rings. The standard InChI is InChI=1S/C17H21NO/c1-14(2)15-7-6-8-16(13-15)18-11-12-19-17-9-4-3-5-10-17/h3-10,13-14,18H,11-12H2,1-2H3. The summed E-state index contributed by atoms with van der Waals surface area (Å²) in [5.74, 6) is 1.47. The van der Waals surface area contributed by atoms with Crippen LogP contribution in [-0.4, -0.2) is 13.2 Å². The third kappa shape index (κ3) is 4.32. The zero-order valence-electron chi connectivity index (χ0n) is 11.6. The Morgan fingerprint density at radius 2 is 1.79 bits per heavy atom. The van der Waals surface area contributed by atoms with Gasteiger partial charge in [0.2, 0.25) is 0 Å². The summed E-state index contributed by atoms with van der Waals surface area (Å²) in [7, 11) is 0. The molecule has 0 amide bonds. The monoisotopic (exact) mass is 255 g/mol. The molecule has 2 nitrogen and oxygen atoms in total. The van der Waals surface area contributed by atoms with Crippen molar-refractivity contribution in [2.75, 3.05) is 18.5 Å². The molecule has 0 spiro atoms. The molecule has 0 aromatic heterocycles. The molecule has 2 rings (SSSR count). The molecule has 0 aliphatic heterocycles. The zero-order valence-corrected chi connectivity index (χ0v) is 11.6. The summed E-state index contributed by atoms with van der Waals surface area (Å²) < 4.78 is 5.64. The van der Waals surface area contributed by atoms with E-state index in [4.69, 9.17) is 4.74 Å². The minimum absolute atomic E-state index is 0.558. The molecule has 2 heteroatoms. The predicted octanol–water partition coefficient (Wildman–Crippen LogP) is 4.30. The van der Waals surface area contributed by atoms with Crippen molar-refractivity contribution in [1.29, 1.82) is 0 Å². The summed E-state index contributed by atoms with van der Waals surface area (Å²) in [6.07, 6.45) is 0. The van der Waals surface area contributed by atoms with Crippen molar-refractivity contribution in [2.24, 2.45) is 0 Å². The van der Waals surface area contributed by atoms with Gasteiger partial charge in [0.05, 0.1) is 0 Å². The van der Waals surface area contributed by atoms with Crippen molar-refractivity contribution in [2.45, 2.75) is 19.8 Å². The van der Waals surface area contributed by atoms with Gasteiger partial charge in [0, 0.05) is 12.2 Å². The average Bonchev–Trinajstić information content (AvgIpc) is 2.45. The highest BCUT2D eigenvalue weighted by atomic mass is 16.5. The zero-order chi connectivity index (χ0) is 13.5. The Morgan fingerprint density at radius 3 is 2.53 bits per heavy atom. The first-order valence-corrected chi connectivity index (χ1v) is 6.77. The SMILES string of the molecule is CC(C)c1cccc(NCCOc2ccccc2)c1. The van der Waals surface area contributed by atoms with Gasteiger partial charge < -0.3 is 10.1 Å². The highest BCUT2D eigenvalue weighted by Crippen LogP contribution is 2.18. The van der Waals surface area contributed by atoms with E-state index in [9.17, 15) is 0 Å². The first-order valence-electron chi connectivity index (χ1n) is 6.77. The van der Waals surface area contributed by atoms with Crippen molar-refractivity contribution < 1.29 is 4.74 Å². The molecule has 100 valence electrons. The Bertz CT molecular complexity index is 494. The second-order valence-corrected chi connectivity index (χ2v) is 4.87. The Morgan fingerprint density at radius 1 is 1.00 bits per heavy atom. The number of hydrogen-bond acceptors (Lipinski definition) is 2. The number of anilines is 1. The maximum atomic E-state index is 5.64. The maximum Gasteiger partial charge on any atom is 0.119 e. The fourth-order valence-electron chi connectivity index (χ4n) is 1.89. The van der Waals surface area contributed by atoms with Crippen LogP contribution in [0, 0.1) is 0 Å². The van der Waals surface area contributed by atoms with Crippen LogP contribution < -0.4 is 10.1 Å². The Hall–Kier alpha value is -1.96. The topological polar surface area (TPSA) is 21.3 Å². The lowest BCUT2D eigenvalue weighted by Crippen LogP contribution is -2.11. The van der Waals surface area contributed by atoms with E-state index in [1.54, 1.807) is 0 Å². The van der Waals surface area contributed by atoms with Crippen LogP contribution in [0.2, 0.25) is 0 Å². The highest BCUT2D eigenvalue weighted by Gasteiger charge is 1.99. The molecule has 0 saturated carbocycles. The molecule has 0 bridgehead atoms. The van der Waals surface area contributed by atoms with Crippen LogP contribution in [0.1, 0.15) is 25.3 Å². The second-order valence-electron chi connectivity index (χ2n) is 4.87. The van der Waals surface area contributed by atoms with Crippen molar-refractivity contribution in [1.82, 2.24) is 0 Å². The van der Waals surface area contributed by atoms with Gasteiger partial charge in [-0.25, -0.2) is 0 Å². The van der Waals surface area contributed by atoms with E-state index < -0.39 is 0 Å². The van der Waals surface area contributed by atoms with Crippen LogP contribution in [0.5, 0.6) is 5.75 Å². The molecule has 0 saturated heterocycles. The molecular weight excluding hydrogens is 234 g/mol. The molecule has 2 aromatic carbocycles. The summed E-state index contributed by atoms with van der Waals surface area (Å²) in [6.45, 7) is 5.88. The summed E-state index contributed by atoms with van der Waals surface area (Å²) in [6, 6.07) is 18.4. The van der Waals surface area contributed by atoms with Crippen molar-refractivity contribution in [3.8, 4) is 5.75 Å². The van der Waals surface area contributed by atoms with Gasteiger partial charge in [-0.1, -0.05) is 44.2 Å². The fourth-order valence-corrected chi connectivity index (χ4v) is 1.89. The number of hydrogen-bond donors (Lipinski definition) is 1. The predicted molar refractivity (Wildman–Crippen MR) is 81.0 cm³/mol. The van der Waals surface area contributed by atoms with Crippen LogP contribution in [0.4, 0.5) is 5.69 Å². The second kappa shape index (κ2) is 6.83. The molecule has 1 N–H and O–H groups in total. The van der Waals surface area contributed by atoms with Crippen LogP contribution in [0.3, 0.4) is 0 Å². The molecular formula is C17H21NO.